The summed E-state index contributed by atoms with van der Waals surface area (Å²) >= 11 is 0. The highest BCUT2D eigenvalue weighted by Crippen LogP contribution is 2.22. The molecule has 2 aromatic rings. The van der Waals surface area contributed by atoms with Gasteiger partial charge in [-0.1, -0.05) is 0 Å². The van der Waals surface area contributed by atoms with E-state index < -0.39 is 0 Å². The molecule has 0 spiro atoms. The minimum atomic E-state index is -0.0264. The van der Waals surface area contributed by atoms with Crippen LogP contribution in [0, 0.1) is 18.3 Å². The van der Waals surface area contributed by atoms with E-state index in [1.807, 2.05) is 13.0 Å². The second-order valence-corrected chi connectivity index (χ2v) is 2.82. The molecule has 0 amide bonds. The van der Waals surface area contributed by atoms with Crippen LogP contribution < -0.4 is 0 Å². The Morgan fingerprint density at radius 2 is 2.31 bits per heavy atom. The average Bonchev–Trinajstić information content (AvgIpc) is 2.42. The maximum Gasteiger partial charge on any atom is 0.135 e. The van der Waals surface area contributed by atoms with Gasteiger partial charge in [-0.25, -0.2) is 4.98 Å². The molecule has 13 heavy (non-hydrogen) atoms. The van der Waals surface area contributed by atoms with Gasteiger partial charge < -0.3 is 10.1 Å². The number of nitrogens with zero attached hydrogens (tertiary/aromatic N) is 2. The smallest absolute Gasteiger partial charge is 0.135 e. The fourth-order valence-corrected chi connectivity index (χ4v) is 1.26. The number of aromatic nitrogens is 2. The second kappa shape index (κ2) is 2.49. The molecule has 0 aliphatic heterocycles. The zero-order valence-electron chi connectivity index (χ0n) is 7.00. The number of imidazole rings is 1. The Kier molecular flexibility index (Phi) is 1.46. The molecule has 0 fully saturated rings. The molecule has 1 aromatic carbocycles. The zero-order chi connectivity index (χ0) is 9.42. The topological polar surface area (TPSA) is 72.7 Å². The molecule has 2 N–H and O–H groups in total. The molecule has 0 radical (unpaired) electrons. The number of aryl methyl sites for hydroxylation is 1. The van der Waals surface area contributed by atoms with Crippen LogP contribution in [0.15, 0.2) is 12.1 Å². The Balaban J connectivity index is 2.82. The maximum absolute atomic E-state index is 9.34. The Hall–Kier alpha value is -2.02. The molecule has 4 nitrogen and oxygen atoms in total. The van der Waals surface area contributed by atoms with Crippen molar-refractivity contribution in [1.82, 2.24) is 9.97 Å². The number of benzene rings is 1. The van der Waals surface area contributed by atoms with Crippen molar-refractivity contribution in [3.05, 3.63) is 23.5 Å². The van der Waals surface area contributed by atoms with Crippen molar-refractivity contribution in [2.24, 2.45) is 0 Å². The standard InChI is InChI=1S/C9H7N3O/c1-5-11-7-2-6(4-10)9(13)3-8(7)12-5/h2-3,13H,1H3,(H,11,12). The summed E-state index contributed by atoms with van der Waals surface area (Å²) in [5, 5.41) is 18.0. The quantitative estimate of drug-likeness (QED) is 0.633. The third-order valence-electron chi connectivity index (χ3n) is 1.84. The molecule has 0 bridgehead atoms. The van der Waals surface area contributed by atoms with Crippen molar-refractivity contribution >= 4 is 11.0 Å². The maximum atomic E-state index is 9.34. The molecule has 0 aliphatic rings. The third-order valence-corrected chi connectivity index (χ3v) is 1.84. The number of hydrogen-bond acceptors (Lipinski definition) is 3. The van der Waals surface area contributed by atoms with Gasteiger partial charge in [0.05, 0.1) is 16.6 Å². The van der Waals surface area contributed by atoms with Crippen molar-refractivity contribution in [3.8, 4) is 11.8 Å². The number of H-pyrrole nitrogens is 1. The average molecular weight is 173 g/mol. The van der Waals surface area contributed by atoms with Gasteiger partial charge in [0.25, 0.3) is 0 Å². The van der Waals surface area contributed by atoms with Crippen LogP contribution >= 0.6 is 0 Å². The highest BCUT2D eigenvalue weighted by atomic mass is 16.3. The second-order valence-electron chi connectivity index (χ2n) is 2.82. The van der Waals surface area contributed by atoms with Crippen LogP contribution in [0.2, 0.25) is 0 Å². The summed E-state index contributed by atoms with van der Waals surface area (Å²) in [6.07, 6.45) is 0. The van der Waals surface area contributed by atoms with E-state index in [9.17, 15) is 5.11 Å². The van der Waals surface area contributed by atoms with Gasteiger partial charge in [0.15, 0.2) is 0 Å². The highest BCUT2D eigenvalue weighted by molar-refractivity contribution is 5.79. The number of fused-ring (bicyclic) bond motifs is 1. The van der Waals surface area contributed by atoms with E-state index in [4.69, 9.17) is 5.26 Å². The van der Waals surface area contributed by atoms with Crippen LogP contribution in [0.5, 0.6) is 5.75 Å². The van der Waals surface area contributed by atoms with Crippen molar-refractivity contribution in [1.29, 1.82) is 5.26 Å². The van der Waals surface area contributed by atoms with E-state index in [0.29, 0.717) is 5.52 Å². The van der Waals surface area contributed by atoms with Gasteiger partial charge in [-0.15, -0.1) is 0 Å². The van der Waals surface area contributed by atoms with E-state index in [0.717, 1.165) is 11.3 Å². The monoisotopic (exact) mass is 173 g/mol. The Morgan fingerprint density at radius 3 is 3.00 bits per heavy atom. The molecule has 0 unspecified atom stereocenters. The van der Waals surface area contributed by atoms with Gasteiger partial charge >= 0.3 is 0 Å². The van der Waals surface area contributed by atoms with E-state index in [1.165, 1.54) is 6.07 Å². The van der Waals surface area contributed by atoms with Crippen LogP contribution in [-0.2, 0) is 0 Å². The fraction of sp³-hybridized carbons (Fsp3) is 0.111. The predicted octanol–water partition coefficient (Wildman–Crippen LogP) is 1.45. The van der Waals surface area contributed by atoms with E-state index in [-0.39, 0.29) is 11.3 Å². The summed E-state index contributed by atoms with van der Waals surface area (Å²) < 4.78 is 0. The Labute approximate surface area is 74.5 Å². The first kappa shape index (κ1) is 7.62. The van der Waals surface area contributed by atoms with Gasteiger partial charge in [-0.2, -0.15) is 5.26 Å². The van der Waals surface area contributed by atoms with E-state index in [1.54, 1.807) is 6.07 Å². The number of nitriles is 1. The molecule has 0 saturated carbocycles. The highest BCUT2D eigenvalue weighted by Gasteiger charge is 2.05. The predicted molar refractivity (Wildman–Crippen MR) is 47.2 cm³/mol. The first-order valence-electron chi connectivity index (χ1n) is 3.80. The first-order chi connectivity index (χ1) is 6.20. The van der Waals surface area contributed by atoms with Crippen molar-refractivity contribution in [3.63, 3.8) is 0 Å². The SMILES string of the molecule is Cc1nc2cc(O)c(C#N)cc2[nH]1. The van der Waals surface area contributed by atoms with Gasteiger partial charge in [0, 0.05) is 6.07 Å². The summed E-state index contributed by atoms with van der Waals surface area (Å²) in [7, 11) is 0. The number of hydrogen-bond donors (Lipinski definition) is 2. The van der Waals surface area contributed by atoms with Crippen LogP contribution in [0.4, 0.5) is 0 Å². The summed E-state index contributed by atoms with van der Waals surface area (Å²) in [4.78, 5) is 7.11. The van der Waals surface area contributed by atoms with Crippen molar-refractivity contribution in [2.75, 3.05) is 0 Å². The molecule has 0 saturated heterocycles. The summed E-state index contributed by atoms with van der Waals surface area (Å²) in [6, 6.07) is 4.97. The number of phenolic OH excluding ortho intramolecular Hbond substituents is 1. The molecule has 4 heteroatoms. The third kappa shape index (κ3) is 1.11. The normalized spacial score (nSPS) is 10.2. The lowest BCUT2D eigenvalue weighted by Crippen LogP contribution is -1.77. The molecule has 0 aliphatic carbocycles. The summed E-state index contributed by atoms with van der Waals surface area (Å²) in [5.41, 5.74) is 1.71. The van der Waals surface area contributed by atoms with E-state index >= 15 is 0 Å². The molecule has 0 atom stereocenters. The molecule has 2 rings (SSSR count). The Morgan fingerprint density at radius 1 is 1.54 bits per heavy atom. The van der Waals surface area contributed by atoms with E-state index in [2.05, 4.69) is 9.97 Å². The van der Waals surface area contributed by atoms with Crippen molar-refractivity contribution < 1.29 is 5.11 Å². The number of nitrogens with one attached hydrogen (secondary N) is 1. The van der Waals surface area contributed by atoms with Gasteiger partial charge in [0.1, 0.15) is 17.6 Å². The minimum Gasteiger partial charge on any atom is -0.506 e. The van der Waals surface area contributed by atoms with Crippen molar-refractivity contribution in [2.45, 2.75) is 6.92 Å². The molecule has 1 heterocycles. The lowest BCUT2D eigenvalue weighted by atomic mass is 10.2. The number of aromatic hydroxyl groups is 1. The summed E-state index contributed by atoms with van der Waals surface area (Å²) in [6.45, 7) is 1.82. The zero-order valence-corrected chi connectivity index (χ0v) is 7.00. The minimum absolute atomic E-state index is 0.0264. The molecule has 1 aromatic heterocycles. The molecular weight excluding hydrogens is 166 g/mol. The summed E-state index contributed by atoms with van der Waals surface area (Å²) in [5.74, 6) is 0.742. The number of phenols is 1. The van der Waals surface area contributed by atoms with Gasteiger partial charge in [0.2, 0.25) is 0 Å². The van der Waals surface area contributed by atoms with Gasteiger partial charge in [-0.05, 0) is 13.0 Å². The lowest BCUT2D eigenvalue weighted by Gasteiger charge is -1.93. The largest absolute Gasteiger partial charge is 0.506 e. The number of aromatic amines is 1. The van der Waals surface area contributed by atoms with Crippen LogP contribution in [-0.4, -0.2) is 15.1 Å². The Bertz CT molecular complexity index is 507. The number of rotatable bonds is 0. The fourth-order valence-electron chi connectivity index (χ4n) is 1.26. The molecule has 64 valence electrons. The molecular formula is C9H7N3O. The lowest BCUT2D eigenvalue weighted by molar-refractivity contribution is 0.474. The van der Waals surface area contributed by atoms with Crippen LogP contribution in [0.25, 0.3) is 11.0 Å². The van der Waals surface area contributed by atoms with Crippen LogP contribution in [0.3, 0.4) is 0 Å². The first-order valence-corrected chi connectivity index (χ1v) is 3.80. The van der Waals surface area contributed by atoms with Gasteiger partial charge in [-0.3, -0.25) is 0 Å². The van der Waals surface area contributed by atoms with Crippen LogP contribution in [0.1, 0.15) is 11.4 Å².